The van der Waals surface area contributed by atoms with Gasteiger partial charge in [0, 0.05) is 26.7 Å². The van der Waals surface area contributed by atoms with Gasteiger partial charge in [-0.2, -0.15) is 4.37 Å². The van der Waals surface area contributed by atoms with E-state index in [-0.39, 0.29) is 11.8 Å². The number of sulfonamides is 1. The van der Waals surface area contributed by atoms with Crippen LogP contribution in [0.25, 0.3) is 0 Å². The summed E-state index contributed by atoms with van der Waals surface area (Å²) in [5.74, 6) is 0.122. The van der Waals surface area contributed by atoms with Gasteiger partial charge in [-0.3, -0.25) is 4.79 Å². The topological polar surface area (TPSA) is 91.4 Å². The minimum absolute atomic E-state index is 0.0281. The number of hydrogen-bond donors (Lipinski definition) is 2. The molecule has 9 heteroatoms. The number of carbonyl (C=O) groups is 1. The molecule has 0 spiro atoms. The molecule has 1 fully saturated rings. The normalized spacial score (nSPS) is 19.2. The van der Waals surface area contributed by atoms with Gasteiger partial charge < -0.3 is 10.2 Å². The number of nitrogens with one attached hydrogen (secondary N) is 2. The van der Waals surface area contributed by atoms with Crippen LogP contribution >= 0.6 is 11.5 Å². The fourth-order valence-electron chi connectivity index (χ4n) is 2.64. The summed E-state index contributed by atoms with van der Waals surface area (Å²) in [5.41, 5.74) is 1.36. The van der Waals surface area contributed by atoms with Crippen LogP contribution in [0.1, 0.15) is 28.9 Å². The van der Waals surface area contributed by atoms with Crippen molar-refractivity contribution in [2.45, 2.75) is 19.8 Å². The molecular formula is C13H22N4O3S2. The number of carbonyl (C=O) groups excluding carboxylic acids is 1. The molecule has 0 unspecified atom stereocenters. The van der Waals surface area contributed by atoms with Gasteiger partial charge in [0.15, 0.2) is 0 Å². The number of piperidine rings is 1. The van der Waals surface area contributed by atoms with Gasteiger partial charge in [-0.1, -0.05) is 0 Å². The Morgan fingerprint density at radius 2 is 2.23 bits per heavy atom. The Bertz CT molecular complexity index is 642. The van der Waals surface area contributed by atoms with Crippen molar-refractivity contribution in [3.8, 4) is 0 Å². The minimum atomic E-state index is -3.19. The van der Waals surface area contributed by atoms with Gasteiger partial charge in [0.2, 0.25) is 10.0 Å². The summed E-state index contributed by atoms with van der Waals surface area (Å²) in [6, 6.07) is 0. The first-order valence-corrected chi connectivity index (χ1v) is 9.86. The van der Waals surface area contributed by atoms with E-state index in [1.54, 1.807) is 11.9 Å². The zero-order valence-electron chi connectivity index (χ0n) is 13.0. The molecule has 124 valence electrons. The third kappa shape index (κ3) is 4.17. The van der Waals surface area contributed by atoms with Crippen molar-refractivity contribution in [1.82, 2.24) is 14.0 Å². The van der Waals surface area contributed by atoms with Crippen molar-refractivity contribution in [2.75, 3.05) is 38.3 Å². The van der Waals surface area contributed by atoms with Gasteiger partial charge >= 0.3 is 0 Å². The van der Waals surface area contributed by atoms with Gasteiger partial charge in [-0.05, 0) is 37.2 Å². The largest absolute Gasteiger partial charge is 0.378 e. The molecule has 22 heavy (non-hydrogen) atoms. The predicted molar refractivity (Wildman–Crippen MR) is 87.9 cm³/mol. The zero-order chi connectivity index (χ0) is 16.3. The first kappa shape index (κ1) is 17.2. The van der Waals surface area contributed by atoms with E-state index in [1.807, 2.05) is 6.92 Å². The molecule has 1 atom stereocenters. The SMILES string of the molecule is CNc1snc(C)c1C(=O)N1CCC[C@H](CNS(C)(=O)=O)C1. The number of anilines is 1. The molecule has 0 aromatic carbocycles. The summed E-state index contributed by atoms with van der Waals surface area (Å²) < 4.78 is 29.2. The van der Waals surface area contributed by atoms with E-state index in [0.717, 1.165) is 29.8 Å². The van der Waals surface area contributed by atoms with Gasteiger partial charge in [0.25, 0.3) is 5.91 Å². The van der Waals surface area contributed by atoms with Crippen LogP contribution in [0.2, 0.25) is 0 Å². The molecule has 2 rings (SSSR count). The summed E-state index contributed by atoms with van der Waals surface area (Å²) in [5, 5.41) is 3.79. The predicted octanol–water partition coefficient (Wildman–Crippen LogP) is 0.895. The van der Waals surface area contributed by atoms with Crippen molar-refractivity contribution in [3.05, 3.63) is 11.3 Å². The van der Waals surface area contributed by atoms with Crippen molar-refractivity contribution in [1.29, 1.82) is 0 Å². The van der Waals surface area contributed by atoms with E-state index in [9.17, 15) is 13.2 Å². The Morgan fingerprint density at radius 3 is 2.86 bits per heavy atom. The highest BCUT2D eigenvalue weighted by Crippen LogP contribution is 2.27. The number of aromatic nitrogens is 1. The lowest BCUT2D eigenvalue weighted by Gasteiger charge is -2.33. The lowest BCUT2D eigenvalue weighted by atomic mass is 9.97. The molecule has 0 saturated carbocycles. The maximum Gasteiger partial charge on any atom is 0.258 e. The third-order valence-electron chi connectivity index (χ3n) is 3.74. The fourth-order valence-corrected chi connectivity index (χ4v) is 3.91. The molecule has 0 aliphatic carbocycles. The van der Waals surface area contributed by atoms with Gasteiger partial charge in [0.05, 0.1) is 17.5 Å². The first-order chi connectivity index (χ1) is 10.3. The number of nitrogens with zero attached hydrogens (tertiary/aromatic N) is 2. The molecule has 2 heterocycles. The van der Waals surface area contributed by atoms with Crippen LogP contribution in [0, 0.1) is 12.8 Å². The van der Waals surface area contributed by atoms with Gasteiger partial charge in [-0.25, -0.2) is 13.1 Å². The standard InChI is InChI=1S/C13H22N4O3S2/c1-9-11(12(14-2)21-16-9)13(18)17-6-4-5-10(8-17)7-15-22(3,19)20/h10,14-15H,4-8H2,1-3H3/t10-/m1/s1. The van der Waals surface area contributed by atoms with Crippen molar-refractivity contribution < 1.29 is 13.2 Å². The Hall–Kier alpha value is -1.19. The molecule has 2 N–H and O–H groups in total. The molecule has 1 aliphatic heterocycles. The van der Waals surface area contributed by atoms with Crippen LogP contribution in [0.15, 0.2) is 0 Å². The van der Waals surface area contributed by atoms with Crippen LogP contribution in [-0.2, 0) is 10.0 Å². The number of aryl methyl sites for hydroxylation is 1. The maximum absolute atomic E-state index is 12.7. The quantitative estimate of drug-likeness (QED) is 0.826. The molecule has 0 radical (unpaired) electrons. The summed E-state index contributed by atoms with van der Waals surface area (Å²) in [6.07, 6.45) is 2.96. The highest BCUT2D eigenvalue weighted by atomic mass is 32.2. The maximum atomic E-state index is 12.7. The van der Waals surface area contributed by atoms with Crippen molar-refractivity contribution in [3.63, 3.8) is 0 Å². The average Bonchev–Trinajstić information content (AvgIpc) is 2.85. The van der Waals surface area contributed by atoms with Crippen LogP contribution in [0.3, 0.4) is 0 Å². The number of rotatable bonds is 5. The smallest absolute Gasteiger partial charge is 0.258 e. The molecular weight excluding hydrogens is 324 g/mol. The Kier molecular flexibility index (Phi) is 5.41. The summed E-state index contributed by atoms with van der Waals surface area (Å²) in [4.78, 5) is 14.5. The zero-order valence-corrected chi connectivity index (χ0v) is 14.7. The van der Waals surface area contributed by atoms with Crippen molar-refractivity contribution >= 4 is 32.5 Å². The Labute approximate surface area is 135 Å². The molecule has 1 amide bonds. The molecule has 1 aromatic rings. The van der Waals surface area contributed by atoms with Gasteiger partial charge in [0.1, 0.15) is 5.00 Å². The summed E-state index contributed by atoms with van der Waals surface area (Å²) >= 11 is 1.28. The van der Waals surface area contributed by atoms with E-state index in [4.69, 9.17) is 0 Å². The van der Waals surface area contributed by atoms with Gasteiger partial charge in [-0.15, -0.1) is 0 Å². The summed E-state index contributed by atoms with van der Waals surface area (Å²) in [6.45, 7) is 3.48. The molecule has 1 aromatic heterocycles. The van der Waals surface area contributed by atoms with E-state index in [0.29, 0.717) is 25.2 Å². The van der Waals surface area contributed by atoms with E-state index in [1.165, 1.54) is 11.5 Å². The average molecular weight is 346 g/mol. The fraction of sp³-hybridized carbons (Fsp3) is 0.692. The first-order valence-electron chi connectivity index (χ1n) is 7.19. The number of amides is 1. The third-order valence-corrected chi connectivity index (χ3v) is 5.39. The molecule has 7 nitrogen and oxygen atoms in total. The monoisotopic (exact) mass is 346 g/mol. The van der Waals surface area contributed by atoms with Crippen LogP contribution in [0.5, 0.6) is 0 Å². The van der Waals surface area contributed by atoms with Crippen LogP contribution < -0.4 is 10.0 Å². The second-order valence-corrected chi connectivity index (χ2v) is 8.21. The van der Waals surface area contributed by atoms with E-state index >= 15 is 0 Å². The molecule has 1 aliphatic rings. The Balaban J connectivity index is 2.05. The number of hydrogen-bond acceptors (Lipinski definition) is 6. The molecule has 0 bridgehead atoms. The van der Waals surface area contributed by atoms with Crippen LogP contribution in [0.4, 0.5) is 5.00 Å². The second kappa shape index (κ2) is 6.93. The van der Waals surface area contributed by atoms with E-state index in [2.05, 4.69) is 14.4 Å². The minimum Gasteiger partial charge on any atom is -0.378 e. The lowest BCUT2D eigenvalue weighted by molar-refractivity contribution is 0.0677. The van der Waals surface area contributed by atoms with E-state index < -0.39 is 10.0 Å². The highest BCUT2D eigenvalue weighted by molar-refractivity contribution is 7.88. The summed E-state index contributed by atoms with van der Waals surface area (Å²) in [7, 11) is -1.42. The number of likely N-dealkylation sites (tertiary alicyclic amines) is 1. The Morgan fingerprint density at radius 1 is 1.50 bits per heavy atom. The van der Waals surface area contributed by atoms with Crippen LogP contribution in [-0.4, -0.2) is 56.5 Å². The highest BCUT2D eigenvalue weighted by Gasteiger charge is 2.28. The van der Waals surface area contributed by atoms with Crippen molar-refractivity contribution in [2.24, 2.45) is 5.92 Å². The lowest BCUT2D eigenvalue weighted by Crippen LogP contribution is -2.43. The molecule has 1 saturated heterocycles. The second-order valence-electron chi connectivity index (χ2n) is 5.60.